The predicted octanol–water partition coefficient (Wildman–Crippen LogP) is 7.86. The molecule has 0 amide bonds. The first-order valence-corrected chi connectivity index (χ1v) is 12.6. The first-order chi connectivity index (χ1) is 17.8. The lowest BCUT2D eigenvalue weighted by molar-refractivity contribution is 0.284. The van der Waals surface area contributed by atoms with Gasteiger partial charge < -0.3 is 18.9 Å². The first-order valence-electron chi connectivity index (χ1n) is 12.6. The van der Waals surface area contributed by atoms with Gasteiger partial charge in [-0.2, -0.15) is 0 Å². The number of unbranched alkanes of at least 4 members (excludes halogenated alkanes) is 3. The van der Waals surface area contributed by atoms with Gasteiger partial charge >= 0.3 is 0 Å². The van der Waals surface area contributed by atoms with Gasteiger partial charge in [0.05, 0.1) is 13.2 Å². The number of rotatable bonds is 15. The third-order valence-corrected chi connectivity index (χ3v) is 5.72. The number of hydrogen-bond donors (Lipinski definition) is 0. The minimum atomic E-state index is 0.569. The second-order valence-corrected chi connectivity index (χ2v) is 8.60. The summed E-state index contributed by atoms with van der Waals surface area (Å²) in [6, 6.07) is 36.0. The van der Waals surface area contributed by atoms with Crippen molar-refractivity contribution in [3.8, 4) is 23.0 Å². The molecule has 36 heavy (non-hydrogen) atoms. The van der Waals surface area contributed by atoms with Gasteiger partial charge in [-0.25, -0.2) is 0 Å². The fraction of sp³-hybridized carbons (Fsp3) is 0.250. The van der Waals surface area contributed by atoms with Crippen molar-refractivity contribution in [3.05, 3.63) is 120 Å². The molecule has 0 radical (unpaired) electrons. The van der Waals surface area contributed by atoms with Crippen LogP contribution in [0.4, 0.5) is 0 Å². The molecule has 0 aliphatic rings. The summed E-state index contributed by atoms with van der Waals surface area (Å²) < 4.78 is 23.4. The Hall–Kier alpha value is -3.92. The molecule has 4 nitrogen and oxygen atoms in total. The Morgan fingerprint density at radius 3 is 1.03 bits per heavy atom. The summed E-state index contributed by atoms with van der Waals surface area (Å²) in [6.07, 6.45) is 4.29. The molecule has 186 valence electrons. The van der Waals surface area contributed by atoms with E-state index >= 15 is 0 Å². The highest BCUT2D eigenvalue weighted by Crippen LogP contribution is 2.20. The highest BCUT2D eigenvalue weighted by molar-refractivity contribution is 5.32. The van der Waals surface area contributed by atoms with Crippen LogP contribution >= 0.6 is 0 Å². The van der Waals surface area contributed by atoms with Gasteiger partial charge in [-0.05, 0) is 85.3 Å². The van der Waals surface area contributed by atoms with Gasteiger partial charge in [-0.3, -0.25) is 0 Å². The minimum Gasteiger partial charge on any atom is -0.494 e. The van der Waals surface area contributed by atoms with Crippen molar-refractivity contribution < 1.29 is 18.9 Å². The molecule has 0 N–H and O–H groups in total. The van der Waals surface area contributed by atoms with Crippen LogP contribution in [0, 0.1) is 0 Å². The van der Waals surface area contributed by atoms with E-state index in [1.165, 1.54) is 0 Å². The molecule has 4 heteroatoms. The van der Waals surface area contributed by atoms with Crippen LogP contribution in [-0.2, 0) is 13.2 Å². The van der Waals surface area contributed by atoms with Crippen LogP contribution in [0.1, 0.15) is 36.8 Å². The summed E-state index contributed by atoms with van der Waals surface area (Å²) in [5.74, 6) is 3.45. The maximum Gasteiger partial charge on any atom is 0.120 e. The van der Waals surface area contributed by atoms with E-state index in [4.69, 9.17) is 18.9 Å². The van der Waals surface area contributed by atoms with E-state index in [9.17, 15) is 0 Å². The lowest BCUT2D eigenvalue weighted by Gasteiger charge is -2.10. The molecule has 4 aromatic carbocycles. The smallest absolute Gasteiger partial charge is 0.120 e. The summed E-state index contributed by atoms with van der Waals surface area (Å²) in [5.41, 5.74) is 2.32. The maximum absolute atomic E-state index is 5.86. The van der Waals surface area contributed by atoms with E-state index in [1.807, 2.05) is 84.9 Å². The van der Waals surface area contributed by atoms with E-state index in [0.717, 1.165) is 73.0 Å². The van der Waals surface area contributed by atoms with Crippen LogP contribution in [0.2, 0.25) is 0 Å². The molecule has 0 spiro atoms. The van der Waals surface area contributed by atoms with Gasteiger partial charge in [0, 0.05) is 0 Å². The van der Waals surface area contributed by atoms with Gasteiger partial charge in [0.15, 0.2) is 0 Å². The quantitative estimate of drug-likeness (QED) is 0.162. The second-order valence-electron chi connectivity index (χ2n) is 8.60. The molecular weight excluding hydrogens is 448 g/mol. The normalized spacial score (nSPS) is 10.6. The van der Waals surface area contributed by atoms with Crippen LogP contribution in [0.3, 0.4) is 0 Å². The van der Waals surface area contributed by atoms with Gasteiger partial charge in [-0.15, -0.1) is 0 Å². The lowest BCUT2D eigenvalue weighted by atomic mass is 10.2. The summed E-state index contributed by atoms with van der Waals surface area (Å²) >= 11 is 0. The van der Waals surface area contributed by atoms with Crippen LogP contribution in [-0.4, -0.2) is 13.2 Å². The van der Waals surface area contributed by atoms with Crippen LogP contribution in [0.25, 0.3) is 0 Å². The molecule has 0 saturated carbocycles. The molecule has 0 heterocycles. The molecule has 4 aromatic rings. The van der Waals surface area contributed by atoms with E-state index in [-0.39, 0.29) is 0 Å². The number of benzene rings is 4. The van der Waals surface area contributed by atoms with E-state index < -0.39 is 0 Å². The maximum atomic E-state index is 5.86. The average molecular weight is 483 g/mol. The Balaban J connectivity index is 1.02. The van der Waals surface area contributed by atoms with E-state index in [1.54, 1.807) is 0 Å². The minimum absolute atomic E-state index is 0.569. The van der Waals surface area contributed by atoms with Crippen molar-refractivity contribution in [2.45, 2.75) is 38.9 Å². The zero-order valence-corrected chi connectivity index (χ0v) is 20.7. The van der Waals surface area contributed by atoms with Gasteiger partial charge in [0.2, 0.25) is 0 Å². The van der Waals surface area contributed by atoms with Crippen molar-refractivity contribution in [2.24, 2.45) is 0 Å². The zero-order valence-electron chi connectivity index (χ0n) is 20.7. The monoisotopic (exact) mass is 482 g/mol. The van der Waals surface area contributed by atoms with Crippen LogP contribution < -0.4 is 18.9 Å². The Bertz CT molecular complexity index is 1020. The summed E-state index contributed by atoms with van der Waals surface area (Å²) in [7, 11) is 0. The van der Waals surface area contributed by atoms with Gasteiger partial charge in [-0.1, -0.05) is 60.7 Å². The third-order valence-electron chi connectivity index (χ3n) is 5.72. The fourth-order valence-electron chi connectivity index (χ4n) is 3.68. The van der Waals surface area contributed by atoms with E-state index in [0.29, 0.717) is 13.2 Å². The molecule has 0 saturated heterocycles. The molecule has 0 unspecified atom stereocenters. The zero-order chi connectivity index (χ0) is 24.7. The standard InChI is InChI=1S/C32H34O4/c1(9-23-33-29-15-19-31(20-16-29)35-25-27-11-5-3-6-12-27)2-10-24-34-30-17-21-32(22-18-30)36-26-28-13-7-4-8-14-28/h3-8,11-22H,1-2,9-10,23-26H2. The summed E-state index contributed by atoms with van der Waals surface area (Å²) in [5, 5.41) is 0. The molecule has 0 aromatic heterocycles. The molecular formula is C32H34O4. The Labute approximate surface area is 214 Å². The van der Waals surface area contributed by atoms with Crippen molar-refractivity contribution in [1.82, 2.24) is 0 Å². The highest BCUT2D eigenvalue weighted by atomic mass is 16.5. The van der Waals surface area contributed by atoms with Gasteiger partial charge in [0.25, 0.3) is 0 Å². The molecule has 0 bridgehead atoms. The number of ether oxygens (including phenoxy) is 4. The van der Waals surface area contributed by atoms with Crippen LogP contribution in [0.15, 0.2) is 109 Å². The Morgan fingerprint density at radius 2 is 0.667 bits per heavy atom. The molecule has 0 aliphatic heterocycles. The Kier molecular flexibility index (Phi) is 10.1. The van der Waals surface area contributed by atoms with E-state index in [2.05, 4.69) is 24.3 Å². The topological polar surface area (TPSA) is 36.9 Å². The SMILES string of the molecule is c1ccc(COc2ccc(OCCCCCCOc3ccc(OCc4ccccc4)cc3)cc2)cc1. The lowest BCUT2D eigenvalue weighted by Crippen LogP contribution is -2.00. The summed E-state index contributed by atoms with van der Waals surface area (Å²) in [4.78, 5) is 0. The predicted molar refractivity (Wildman–Crippen MR) is 144 cm³/mol. The summed E-state index contributed by atoms with van der Waals surface area (Å²) in [6.45, 7) is 2.57. The molecule has 4 rings (SSSR count). The molecule has 0 atom stereocenters. The van der Waals surface area contributed by atoms with Gasteiger partial charge in [0.1, 0.15) is 36.2 Å². The second kappa shape index (κ2) is 14.5. The van der Waals surface area contributed by atoms with Crippen molar-refractivity contribution >= 4 is 0 Å². The van der Waals surface area contributed by atoms with Crippen molar-refractivity contribution in [1.29, 1.82) is 0 Å². The molecule has 0 fully saturated rings. The first kappa shape index (κ1) is 25.2. The highest BCUT2D eigenvalue weighted by Gasteiger charge is 2.00. The number of hydrogen-bond acceptors (Lipinski definition) is 4. The van der Waals surface area contributed by atoms with Crippen molar-refractivity contribution in [2.75, 3.05) is 13.2 Å². The third kappa shape index (κ3) is 9.03. The van der Waals surface area contributed by atoms with Crippen LogP contribution in [0.5, 0.6) is 23.0 Å². The Morgan fingerprint density at radius 1 is 0.333 bits per heavy atom. The molecule has 0 aliphatic carbocycles. The fourth-order valence-corrected chi connectivity index (χ4v) is 3.68. The van der Waals surface area contributed by atoms with Crippen molar-refractivity contribution in [3.63, 3.8) is 0 Å². The average Bonchev–Trinajstić information content (AvgIpc) is 2.94. The largest absolute Gasteiger partial charge is 0.494 e.